The number of rotatable bonds is 7. The maximum absolute atomic E-state index is 14.2. The first-order chi connectivity index (χ1) is 14.0. The maximum atomic E-state index is 14.2. The quantitative estimate of drug-likeness (QED) is 0.653. The van der Waals surface area contributed by atoms with Gasteiger partial charge in [0.15, 0.2) is 0 Å². The van der Waals surface area contributed by atoms with E-state index >= 15 is 0 Å². The van der Waals surface area contributed by atoms with Crippen LogP contribution in [0.1, 0.15) is 44.1 Å². The molecule has 1 saturated carbocycles. The van der Waals surface area contributed by atoms with Gasteiger partial charge in [-0.05, 0) is 48.6 Å². The Labute approximate surface area is 170 Å². The molecule has 3 rings (SSSR count). The monoisotopic (exact) mass is 397 g/mol. The van der Waals surface area contributed by atoms with E-state index < -0.39 is 5.82 Å². The summed E-state index contributed by atoms with van der Waals surface area (Å²) in [7, 11) is 0. The lowest BCUT2D eigenvalue weighted by atomic mass is 9.71. The molecular weight excluding hydrogens is 369 g/mol. The Morgan fingerprint density at radius 3 is 2.38 bits per heavy atom. The van der Waals surface area contributed by atoms with Crippen LogP contribution < -0.4 is 16.4 Å². The highest BCUT2D eigenvalue weighted by molar-refractivity contribution is 5.95. The molecule has 0 atom stereocenters. The predicted octanol–water partition coefficient (Wildman–Crippen LogP) is 4.24. The number of halogens is 1. The molecule has 29 heavy (non-hydrogen) atoms. The molecular formula is C23H28FN3O2. The van der Waals surface area contributed by atoms with Gasteiger partial charge >= 0.3 is 0 Å². The van der Waals surface area contributed by atoms with Gasteiger partial charge in [-0.15, -0.1) is 0 Å². The normalized spacial score (nSPS) is 15.5. The maximum Gasteiger partial charge on any atom is 0.228 e. The van der Waals surface area contributed by atoms with Crippen molar-refractivity contribution in [2.24, 2.45) is 11.1 Å². The minimum Gasteiger partial charge on any atom is -0.330 e. The average molecular weight is 397 g/mol. The Balaban J connectivity index is 1.62. The molecule has 1 aliphatic carbocycles. The van der Waals surface area contributed by atoms with E-state index in [1.165, 1.54) is 24.6 Å². The van der Waals surface area contributed by atoms with E-state index in [-0.39, 0.29) is 29.3 Å². The van der Waals surface area contributed by atoms with Crippen molar-refractivity contribution >= 4 is 23.2 Å². The van der Waals surface area contributed by atoms with Gasteiger partial charge in [0.2, 0.25) is 11.8 Å². The fourth-order valence-electron chi connectivity index (χ4n) is 3.98. The second-order valence-corrected chi connectivity index (χ2v) is 7.89. The van der Waals surface area contributed by atoms with Crippen LogP contribution in [0.3, 0.4) is 0 Å². The molecule has 0 bridgehead atoms. The molecule has 5 nitrogen and oxygen atoms in total. The predicted molar refractivity (Wildman–Crippen MR) is 113 cm³/mol. The molecule has 2 aromatic rings. The fourth-order valence-corrected chi connectivity index (χ4v) is 3.98. The van der Waals surface area contributed by atoms with Crippen LogP contribution in [0.15, 0.2) is 48.5 Å². The molecule has 0 spiro atoms. The fraction of sp³-hybridized carbons (Fsp3) is 0.391. The molecule has 1 aliphatic rings. The van der Waals surface area contributed by atoms with E-state index in [1.807, 2.05) is 30.3 Å². The van der Waals surface area contributed by atoms with Crippen molar-refractivity contribution < 1.29 is 14.0 Å². The third-order valence-corrected chi connectivity index (χ3v) is 5.61. The van der Waals surface area contributed by atoms with Gasteiger partial charge in [-0.3, -0.25) is 9.59 Å². The van der Waals surface area contributed by atoms with E-state index in [0.717, 1.165) is 31.2 Å². The molecule has 1 fully saturated rings. The van der Waals surface area contributed by atoms with Gasteiger partial charge in [-0.2, -0.15) is 0 Å². The molecule has 0 unspecified atom stereocenters. The number of hydrogen-bond donors (Lipinski definition) is 3. The first-order valence-corrected chi connectivity index (χ1v) is 10.1. The Morgan fingerprint density at radius 1 is 0.966 bits per heavy atom. The zero-order chi connectivity index (χ0) is 20.7. The molecule has 0 aromatic heterocycles. The molecule has 0 radical (unpaired) electrons. The summed E-state index contributed by atoms with van der Waals surface area (Å²) < 4.78 is 14.2. The van der Waals surface area contributed by atoms with E-state index in [9.17, 15) is 14.0 Å². The smallest absolute Gasteiger partial charge is 0.228 e. The molecule has 4 N–H and O–H groups in total. The number of amides is 2. The largest absolute Gasteiger partial charge is 0.330 e. The molecule has 6 heteroatoms. The van der Waals surface area contributed by atoms with Crippen molar-refractivity contribution in [2.75, 3.05) is 17.2 Å². The summed E-state index contributed by atoms with van der Waals surface area (Å²) in [6, 6.07) is 13.4. The molecule has 154 valence electrons. The first kappa shape index (κ1) is 21.0. The Morgan fingerprint density at radius 2 is 1.69 bits per heavy atom. The van der Waals surface area contributed by atoms with Crippen molar-refractivity contribution in [3.05, 3.63) is 59.9 Å². The SMILES string of the molecule is NCC1(CC(=O)Nc2ccc(F)c(NC(=O)Cc3ccccc3)c2)CCCCC1. The van der Waals surface area contributed by atoms with Gasteiger partial charge in [0.25, 0.3) is 0 Å². The summed E-state index contributed by atoms with van der Waals surface area (Å²) in [5.74, 6) is -0.997. The molecule has 2 amide bonds. The van der Waals surface area contributed by atoms with Crippen LogP contribution in [-0.2, 0) is 16.0 Å². The topological polar surface area (TPSA) is 84.2 Å². The highest BCUT2D eigenvalue weighted by Gasteiger charge is 2.33. The van der Waals surface area contributed by atoms with E-state index in [1.54, 1.807) is 0 Å². The van der Waals surface area contributed by atoms with Crippen LogP contribution in [0.2, 0.25) is 0 Å². The van der Waals surface area contributed by atoms with Crippen molar-refractivity contribution in [1.82, 2.24) is 0 Å². The number of carbonyl (C=O) groups is 2. The number of hydrogen-bond acceptors (Lipinski definition) is 3. The number of nitrogens with one attached hydrogen (secondary N) is 2. The summed E-state index contributed by atoms with van der Waals surface area (Å²) in [6.45, 7) is 0.491. The lowest BCUT2D eigenvalue weighted by molar-refractivity contribution is -0.119. The Hall–Kier alpha value is -2.73. The zero-order valence-electron chi connectivity index (χ0n) is 16.5. The van der Waals surface area contributed by atoms with E-state index in [0.29, 0.717) is 18.7 Å². The summed E-state index contributed by atoms with van der Waals surface area (Å²) in [5, 5.41) is 5.41. The second-order valence-electron chi connectivity index (χ2n) is 7.89. The molecule has 2 aromatic carbocycles. The Bertz CT molecular complexity index is 848. The van der Waals surface area contributed by atoms with E-state index in [4.69, 9.17) is 5.73 Å². The van der Waals surface area contributed by atoms with Crippen LogP contribution in [0.25, 0.3) is 0 Å². The average Bonchev–Trinajstić information content (AvgIpc) is 2.72. The summed E-state index contributed by atoms with van der Waals surface area (Å²) in [6.07, 6.45) is 5.80. The van der Waals surface area contributed by atoms with Gasteiger partial charge in [-0.25, -0.2) is 4.39 Å². The first-order valence-electron chi connectivity index (χ1n) is 10.1. The van der Waals surface area contributed by atoms with Crippen LogP contribution in [0, 0.1) is 11.2 Å². The van der Waals surface area contributed by atoms with Crippen LogP contribution in [-0.4, -0.2) is 18.4 Å². The zero-order valence-corrected chi connectivity index (χ0v) is 16.5. The van der Waals surface area contributed by atoms with Crippen molar-refractivity contribution in [3.63, 3.8) is 0 Å². The summed E-state index contributed by atoms with van der Waals surface area (Å²) in [5.41, 5.74) is 7.17. The third kappa shape index (κ3) is 5.87. The van der Waals surface area contributed by atoms with Crippen LogP contribution in [0.5, 0.6) is 0 Å². The summed E-state index contributed by atoms with van der Waals surface area (Å²) in [4.78, 5) is 24.8. The number of benzene rings is 2. The van der Waals surface area contributed by atoms with Crippen molar-refractivity contribution in [3.8, 4) is 0 Å². The third-order valence-electron chi connectivity index (χ3n) is 5.61. The number of anilines is 2. The highest BCUT2D eigenvalue weighted by atomic mass is 19.1. The highest BCUT2D eigenvalue weighted by Crippen LogP contribution is 2.38. The van der Waals surface area contributed by atoms with Gasteiger partial charge < -0.3 is 16.4 Å². The minimum atomic E-state index is -0.546. The Kier molecular flexibility index (Phi) is 6.99. The molecule has 0 saturated heterocycles. The van der Waals surface area contributed by atoms with Crippen molar-refractivity contribution in [1.29, 1.82) is 0 Å². The molecule has 0 aliphatic heterocycles. The van der Waals surface area contributed by atoms with Gasteiger partial charge in [0, 0.05) is 12.1 Å². The lowest BCUT2D eigenvalue weighted by Crippen LogP contribution is -2.36. The van der Waals surface area contributed by atoms with Gasteiger partial charge in [0.1, 0.15) is 5.82 Å². The molecule has 0 heterocycles. The van der Waals surface area contributed by atoms with E-state index in [2.05, 4.69) is 10.6 Å². The van der Waals surface area contributed by atoms with Gasteiger partial charge in [-0.1, -0.05) is 49.6 Å². The number of carbonyl (C=O) groups excluding carboxylic acids is 2. The second kappa shape index (κ2) is 9.65. The van der Waals surface area contributed by atoms with Crippen molar-refractivity contribution in [2.45, 2.75) is 44.9 Å². The van der Waals surface area contributed by atoms with Crippen LogP contribution in [0.4, 0.5) is 15.8 Å². The van der Waals surface area contributed by atoms with Crippen LogP contribution >= 0.6 is 0 Å². The number of nitrogens with two attached hydrogens (primary N) is 1. The standard InChI is InChI=1S/C23H28FN3O2/c24-19-10-9-18(26-22(29)15-23(16-25)11-5-2-6-12-23)14-20(19)27-21(28)13-17-7-3-1-4-8-17/h1,3-4,7-10,14H,2,5-6,11-13,15-16,25H2,(H,26,29)(H,27,28). The lowest BCUT2D eigenvalue weighted by Gasteiger charge is -2.35. The minimum absolute atomic E-state index is 0.0509. The summed E-state index contributed by atoms with van der Waals surface area (Å²) >= 11 is 0. The van der Waals surface area contributed by atoms with Gasteiger partial charge in [0.05, 0.1) is 12.1 Å².